The largest absolute Gasteiger partial charge is 0.461 e. The van der Waals surface area contributed by atoms with Crippen LogP contribution in [0.2, 0.25) is 5.02 Å². The number of benzene rings is 1. The number of fused-ring (bicyclic) bond motifs is 1. The second kappa shape index (κ2) is 9.88. The lowest BCUT2D eigenvalue weighted by Crippen LogP contribution is -2.48. The number of halogens is 1. The summed E-state index contributed by atoms with van der Waals surface area (Å²) < 4.78 is 11.6. The van der Waals surface area contributed by atoms with E-state index < -0.39 is 0 Å². The monoisotopic (exact) mass is 511 g/mol. The number of rotatable bonds is 5. The third kappa shape index (κ3) is 4.75. The lowest BCUT2D eigenvalue weighted by molar-refractivity contribution is -0.144. The number of nitrogens with one attached hydrogen (secondary N) is 1. The van der Waals surface area contributed by atoms with Crippen molar-refractivity contribution >= 4 is 34.4 Å². The molecule has 2 aromatic heterocycles. The zero-order chi connectivity index (χ0) is 24.6. The lowest BCUT2D eigenvalue weighted by atomic mass is 9.81. The van der Waals surface area contributed by atoms with Gasteiger partial charge >= 0.3 is 0 Å². The number of aliphatic hydroxyl groups excluding tert-OH is 1. The topological polar surface area (TPSA) is 104 Å². The summed E-state index contributed by atoms with van der Waals surface area (Å²) in [5, 5.41) is 10.0. The van der Waals surface area contributed by atoms with Crippen molar-refractivity contribution in [1.29, 1.82) is 0 Å². The Morgan fingerprint density at radius 1 is 1.08 bits per heavy atom. The number of morpholine rings is 1. The second-order valence-electron chi connectivity index (χ2n) is 9.84. The number of aromatic amines is 1. The first-order valence-corrected chi connectivity index (χ1v) is 13.0. The molecule has 1 aliphatic carbocycles. The lowest BCUT2D eigenvalue weighted by Gasteiger charge is -2.38. The molecule has 10 heteroatoms. The summed E-state index contributed by atoms with van der Waals surface area (Å²) in [6.07, 6.45) is 2.32. The molecule has 3 aromatic rings. The van der Waals surface area contributed by atoms with Crippen LogP contribution in [0.5, 0.6) is 6.01 Å². The maximum atomic E-state index is 12.5. The van der Waals surface area contributed by atoms with E-state index >= 15 is 0 Å². The Morgan fingerprint density at radius 2 is 1.81 bits per heavy atom. The van der Waals surface area contributed by atoms with Gasteiger partial charge in [-0.15, -0.1) is 0 Å². The number of carbonyl (C=O) groups excluding carboxylic acids is 1. The van der Waals surface area contributed by atoms with Gasteiger partial charge < -0.3 is 29.4 Å². The van der Waals surface area contributed by atoms with E-state index in [9.17, 15) is 9.90 Å². The van der Waals surface area contributed by atoms with Crippen molar-refractivity contribution < 1.29 is 19.4 Å². The molecule has 0 atom stereocenters. The molecule has 6 rings (SSSR count). The van der Waals surface area contributed by atoms with E-state index in [1.807, 2.05) is 23.1 Å². The Hall–Kier alpha value is -2.88. The molecule has 2 aliphatic heterocycles. The summed E-state index contributed by atoms with van der Waals surface area (Å²) in [5.41, 5.74) is 4.05. The average molecular weight is 512 g/mol. The fourth-order valence-electron chi connectivity index (χ4n) is 5.21. The first-order chi connectivity index (χ1) is 17.5. The number of likely N-dealkylation sites (tertiary alicyclic amines) is 1. The highest BCUT2D eigenvalue weighted by molar-refractivity contribution is 6.33. The predicted octanol–water partition coefficient (Wildman–Crippen LogP) is 3.26. The van der Waals surface area contributed by atoms with Crippen molar-refractivity contribution in [1.82, 2.24) is 19.9 Å². The molecule has 36 heavy (non-hydrogen) atoms. The van der Waals surface area contributed by atoms with Crippen molar-refractivity contribution in [3.63, 3.8) is 0 Å². The Balaban J connectivity index is 1.11. The van der Waals surface area contributed by atoms with Crippen LogP contribution in [0, 0.1) is 5.92 Å². The molecule has 3 fully saturated rings. The summed E-state index contributed by atoms with van der Waals surface area (Å²) >= 11 is 6.59. The van der Waals surface area contributed by atoms with Gasteiger partial charge in [0.15, 0.2) is 5.65 Å². The minimum Gasteiger partial charge on any atom is -0.461 e. The number of nitrogens with zero attached hydrogens (tertiary/aromatic N) is 4. The van der Waals surface area contributed by atoms with Crippen LogP contribution < -0.4 is 9.64 Å². The van der Waals surface area contributed by atoms with Gasteiger partial charge in [0.1, 0.15) is 6.10 Å². The van der Waals surface area contributed by atoms with Crippen LogP contribution in [-0.4, -0.2) is 82.5 Å². The summed E-state index contributed by atoms with van der Waals surface area (Å²) in [6.45, 7) is 4.59. The van der Waals surface area contributed by atoms with E-state index in [0.717, 1.165) is 55.9 Å². The number of imidazole rings is 1. The maximum absolute atomic E-state index is 12.5. The molecule has 2 N–H and O–H groups in total. The second-order valence-corrected chi connectivity index (χ2v) is 10.3. The SMILES string of the molecule is O=C(C1CC(O)C1)N1CCC(Oc2nc3nc(-c4ccc(N5CCOCC5)cc4)c(Cl)cc3[nH]2)CC1. The number of aliphatic hydroxyl groups is 1. The van der Waals surface area contributed by atoms with Crippen LogP contribution in [-0.2, 0) is 9.53 Å². The minimum absolute atomic E-state index is 0.0200. The Morgan fingerprint density at radius 3 is 2.50 bits per heavy atom. The fourth-order valence-corrected chi connectivity index (χ4v) is 5.47. The number of hydrogen-bond donors (Lipinski definition) is 2. The number of hydrogen-bond acceptors (Lipinski definition) is 7. The van der Waals surface area contributed by atoms with Gasteiger partial charge in [0.25, 0.3) is 6.01 Å². The number of aromatic nitrogens is 3. The van der Waals surface area contributed by atoms with Crippen molar-refractivity contribution in [2.24, 2.45) is 5.92 Å². The zero-order valence-corrected chi connectivity index (χ0v) is 20.8. The number of amides is 1. The Bertz CT molecular complexity index is 1230. The van der Waals surface area contributed by atoms with E-state index in [4.69, 9.17) is 26.1 Å². The number of pyridine rings is 1. The number of H-pyrrole nitrogens is 1. The first-order valence-electron chi connectivity index (χ1n) is 12.7. The van der Waals surface area contributed by atoms with E-state index in [2.05, 4.69) is 27.0 Å². The van der Waals surface area contributed by atoms with E-state index in [-0.39, 0.29) is 24.0 Å². The highest BCUT2D eigenvalue weighted by Gasteiger charge is 2.37. The summed E-state index contributed by atoms with van der Waals surface area (Å²) in [7, 11) is 0. The highest BCUT2D eigenvalue weighted by atomic mass is 35.5. The van der Waals surface area contributed by atoms with Gasteiger partial charge in [0.05, 0.1) is 35.6 Å². The smallest absolute Gasteiger partial charge is 0.296 e. The molecule has 0 bridgehead atoms. The quantitative estimate of drug-likeness (QED) is 0.542. The fraction of sp³-hybridized carbons (Fsp3) is 0.500. The molecule has 0 spiro atoms. The van der Waals surface area contributed by atoms with Crippen molar-refractivity contribution in [2.45, 2.75) is 37.9 Å². The molecular weight excluding hydrogens is 482 g/mol. The molecule has 0 radical (unpaired) electrons. The van der Waals surface area contributed by atoms with Crippen LogP contribution in [0.15, 0.2) is 30.3 Å². The first kappa shape index (κ1) is 23.5. The Labute approximate surface area is 214 Å². The van der Waals surface area contributed by atoms with Gasteiger partial charge in [0.2, 0.25) is 5.91 Å². The summed E-state index contributed by atoms with van der Waals surface area (Å²) in [6, 6.07) is 10.5. The van der Waals surface area contributed by atoms with Gasteiger partial charge in [0, 0.05) is 56.2 Å². The molecule has 3 aliphatic rings. The molecule has 1 amide bonds. The molecule has 4 heterocycles. The number of anilines is 1. The minimum atomic E-state index is -0.315. The molecule has 190 valence electrons. The summed E-state index contributed by atoms with van der Waals surface area (Å²) in [4.78, 5) is 29.2. The van der Waals surface area contributed by atoms with Crippen LogP contribution in [0.4, 0.5) is 5.69 Å². The van der Waals surface area contributed by atoms with E-state index in [0.29, 0.717) is 48.3 Å². The van der Waals surface area contributed by atoms with Crippen LogP contribution in [0.25, 0.3) is 22.4 Å². The van der Waals surface area contributed by atoms with Crippen LogP contribution >= 0.6 is 11.6 Å². The van der Waals surface area contributed by atoms with Gasteiger partial charge in [-0.3, -0.25) is 4.79 Å². The average Bonchev–Trinajstić information content (AvgIpc) is 3.28. The van der Waals surface area contributed by atoms with Gasteiger partial charge in [-0.1, -0.05) is 23.7 Å². The van der Waals surface area contributed by atoms with Crippen molar-refractivity contribution in [2.75, 3.05) is 44.3 Å². The standard InChI is InChI=1S/C26H30ClN5O4/c27-21-15-22-24(29-23(21)16-1-3-18(4-2-16)31-9-11-35-12-10-31)30-26(28-22)36-20-5-7-32(8-6-20)25(34)17-13-19(33)14-17/h1-4,15,17,19-20,33H,5-14H2,(H,28,29,30). The predicted molar refractivity (Wildman–Crippen MR) is 136 cm³/mol. The van der Waals surface area contributed by atoms with Gasteiger partial charge in [-0.05, 0) is 31.0 Å². The van der Waals surface area contributed by atoms with Gasteiger partial charge in [-0.25, -0.2) is 4.98 Å². The zero-order valence-electron chi connectivity index (χ0n) is 20.0. The van der Waals surface area contributed by atoms with Gasteiger partial charge in [-0.2, -0.15) is 4.98 Å². The molecular formula is C26H30ClN5O4. The molecule has 2 saturated heterocycles. The maximum Gasteiger partial charge on any atom is 0.296 e. The van der Waals surface area contributed by atoms with E-state index in [1.165, 1.54) is 0 Å². The normalized spacial score (nSPS) is 23.1. The molecule has 0 unspecified atom stereocenters. The van der Waals surface area contributed by atoms with Crippen LogP contribution in [0.3, 0.4) is 0 Å². The van der Waals surface area contributed by atoms with Crippen molar-refractivity contribution in [3.8, 4) is 17.3 Å². The number of ether oxygens (including phenoxy) is 2. The highest BCUT2D eigenvalue weighted by Crippen LogP contribution is 2.32. The third-order valence-electron chi connectivity index (χ3n) is 7.42. The van der Waals surface area contributed by atoms with Crippen LogP contribution in [0.1, 0.15) is 25.7 Å². The molecule has 1 aromatic carbocycles. The Kier molecular flexibility index (Phi) is 6.45. The van der Waals surface area contributed by atoms with Crippen molar-refractivity contribution in [3.05, 3.63) is 35.4 Å². The number of piperidine rings is 1. The molecule has 9 nitrogen and oxygen atoms in total. The summed E-state index contributed by atoms with van der Waals surface area (Å²) in [5.74, 6) is 0.139. The van der Waals surface area contributed by atoms with E-state index in [1.54, 1.807) is 0 Å². The molecule has 1 saturated carbocycles. The third-order valence-corrected chi connectivity index (χ3v) is 7.70. The number of carbonyl (C=O) groups is 1.